The van der Waals surface area contributed by atoms with Crippen LogP contribution >= 0.6 is 0 Å². The Hall–Kier alpha value is -3.56. The van der Waals surface area contributed by atoms with E-state index in [1.54, 1.807) is 24.3 Å². The molecule has 0 bridgehead atoms. The molecule has 0 atom stereocenters. The summed E-state index contributed by atoms with van der Waals surface area (Å²) in [5, 5.41) is 7.00. The summed E-state index contributed by atoms with van der Waals surface area (Å²) < 4.78 is 6.76. The summed E-state index contributed by atoms with van der Waals surface area (Å²) in [7, 11) is 1.56. The fourth-order valence-corrected chi connectivity index (χ4v) is 2.86. The summed E-state index contributed by atoms with van der Waals surface area (Å²) in [6.07, 6.45) is 6.16. The van der Waals surface area contributed by atoms with Crippen molar-refractivity contribution in [2.24, 2.45) is 5.92 Å². The zero-order valence-corrected chi connectivity index (χ0v) is 14.7. The predicted molar refractivity (Wildman–Crippen MR) is 95.3 cm³/mol. The van der Waals surface area contributed by atoms with Crippen LogP contribution < -0.4 is 15.0 Å². The van der Waals surface area contributed by atoms with E-state index in [9.17, 15) is 4.79 Å². The summed E-state index contributed by atoms with van der Waals surface area (Å²) in [4.78, 5) is 30.9. The van der Waals surface area contributed by atoms with Gasteiger partial charge in [0, 0.05) is 37.5 Å². The molecule has 0 unspecified atom stereocenters. The predicted octanol–water partition coefficient (Wildman–Crippen LogP) is 0.213. The number of nitrogens with zero attached hydrogens (tertiary/aromatic N) is 7. The van der Waals surface area contributed by atoms with Crippen molar-refractivity contribution in [1.29, 1.82) is 0 Å². The van der Waals surface area contributed by atoms with Crippen LogP contribution in [0.4, 0.5) is 5.82 Å². The number of methoxy groups -OCH3 is 1. The molecule has 138 valence electrons. The lowest BCUT2D eigenvalue weighted by Gasteiger charge is -2.39. The van der Waals surface area contributed by atoms with Crippen LogP contribution in [0.5, 0.6) is 5.88 Å². The zero-order chi connectivity index (χ0) is 18.6. The first-order valence-electron chi connectivity index (χ1n) is 8.42. The van der Waals surface area contributed by atoms with E-state index >= 15 is 0 Å². The van der Waals surface area contributed by atoms with E-state index < -0.39 is 0 Å². The monoisotopic (exact) mass is 366 g/mol. The molecule has 10 nitrogen and oxygen atoms in total. The third-order valence-electron chi connectivity index (χ3n) is 4.36. The van der Waals surface area contributed by atoms with Gasteiger partial charge in [-0.15, -0.1) is 0 Å². The normalized spacial score (nSPS) is 13.9. The lowest BCUT2D eigenvalue weighted by Crippen LogP contribution is -2.54. The first-order valence-corrected chi connectivity index (χ1v) is 8.42. The minimum atomic E-state index is -0.0857. The van der Waals surface area contributed by atoms with Gasteiger partial charge in [0.15, 0.2) is 5.82 Å². The van der Waals surface area contributed by atoms with Gasteiger partial charge in [0.2, 0.25) is 11.8 Å². The number of pyridine rings is 1. The number of rotatable bonds is 6. The number of carbonyl (C=O) groups is 1. The fraction of sp³-hybridized carbons (Fsp3) is 0.294. The standard InChI is InChI=1S/C17H18N8O2/c1-27-17-12(3-2-4-19-17)6-20-16(26)13-7-24(8-13)14-5-15(22-10-21-14)25-11-18-9-23-25/h2-5,9-11,13H,6-8H2,1H3,(H,20,26). The van der Waals surface area contributed by atoms with E-state index in [0.717, 1.165) is 11.4 Å². The summed E-state index contributed by atoms with van der Waals surface area (Å²) in [5.74, 6) is 1.83. The van der Waals surface area contributed by atoms with Crippen molar-refractivity contribution in [3.05, 3.63) is 48.9 Å². The lowest BCUT2D eigenvalue weighted by atomic mass is 9.99. The topological polar surface area (TPSA) is 111 Å². The molecule has 1 fully saturated rings. The number of nitrogens with one attached hydrogen (secondary N) is 1. The minimum absolute atomic E-state index is 0.00251. The van der Waals surface area contributed by atoms with Crippen LogP contribution in [0.3, 0.4) is 0 Å². The molecule has 4 rings (SSSR count). The van der Waals surface area contributed by atoms with E-state index in [1.807, 2.05) is 23.1 Å². The van der Waals surface area contributed by atoms with Crippen LogP contribution in [0.1, 0.15) is 5.56 Å². The summed E-state index contributed by atoms with van der Waals surface area (Å²) in [6.45, 7) is 1.59. The molecule has 1 saturated heterocycles. The molecule has 27 heavy (non-hydrogen) atoms. The largest absolute Gasteiger partial charge is 0.481 e. The highest BCUT2D eigenvalue weighted by molar-refractivity contribution is 5.81. The lowest BCUT2D eigenvalue weighted by molar-refractivity contribution is -0.125. The molecule has 1 N–H and O–H groups in total. The van der Waals surface area contributed by atoms with Gasteiger partial charge in [0.05, 0.1) is 13.0 Å². The van der Waals surface area contributed by atoms with Gasteiger partial charge >= 0.3 is 0 Å². The third kappa shape index (κ3) is 3.54. The van der Waals surface area contributed by atoms with Gasteiger partial charge in [0.25, 0.3) is 0 Å². The Labute approximate surface area is 155 Å². The van der Waals surface area contributed by atoms with Gasteiger partial charge < -0.3 is 15.0 Å². The average molecular weight is 366 g/mol. The molecule has 1 aliphatic heterocycles. The molecule has 3 aromatic heterocycles. The van der Waals surface area contributed by atoms with Gasteiger partial charge in [-0.1, -0.05) is 6.07 Å². The van der Waals surface area contributed by atoms with Crippen molar-refractivity contribution >= 4 is 11.7 Å². The molecular formula is C17H18N8O2. The highest BCUT2D eigenvalue weighted by Gasteiger charge is 2.33. The molecule has 0 saturated carbocycles. The summed E-state index contributed by atoms with van der Waals surface area (Å²) in [6, 6.07) is 5.52. The van der Waals surface area contributed by atoms with Crippen molar-refractivity contribution < 1.29 is 9.53 Å². The average Bonchev–Trinajstić information content (AvgIpc) is 3.20. The van der Waals surface area contributed by atoms with Crippen molar-refractivity contribution in [1.82, 2.24) is 35.0 Å². The SMILES string of the molecule is COc1ncccc1CNC(=O)C1CN(c2cc(-n3cncn3)ncn2)C1. The number of ether oxygens (including phenoxy) is 1. The number of hydrogen-bond donors (Lipinski definition) is 1. The number of aromatic nitrogens is 6. The maximum Gasteiger partial charge on any atom is 0.226 e. The van der Waals surface area contributed by atoms with Crippen molar-refractivity contribution in [3.63, 3.8) is 0 Å². The van der Waals surface area contributed by atoms with Crippen LogP contribution in [0.15, 0.2) is 43.4 Å². The zero-order valence-electron chi connectivity index (χ0n) is 14.7. The van der Waals surface area contributed by atoms with Crippen LogP contribution in [0, 0.1) is 5.92 Å². The highest BCUT2D eigenvalue weighted by Crippen LogP contribution is 2.24. The first kappa shape index (κ1) is 16.9. The van der Waals surface area contributed by atoms with Gasteiger partial charge in [-0.05, 0) is 6.07 Å². The second-order valence-corrected chi connectivity index (χ2v) is 6.07. The molecule has 10 heteroatoms. The Morgan fingerprint density at radius 1 is 1.26 bits per heavy atom. The minimum Gasteiger partial charge on any atom is -0.481 e. The molecule has 0 aromatic carbocycles. The number of amides is 1. The number of carbonyl (C=O) groups excluding carboxylic acids is 1. The molecule has 1 aliphatic rings. The van der Waals surface area contributed by atoms with E-state index in [-0.39, 0.29) is 11.8 Å². The van der Waals surface area contributed by atoms with Crippen LogP contribution in [0.2, 0.25) is 0 Å². The highest BCUT2D eigenvalue weighted by atomic mass is 16.5. The summed E-state index contributed by atoms with van der Waals surface area (Å²) >= 11 is 0. The Kier molecular flexibility index (Phi) is 4.60. The van der Waals surface area contributed by atoms with Crippen LogP contribution in [-0.4, -0.2) is 55.8 Å². The Balaban J connectivity index is 1.33. The van der Waals surface area contributed by atoms with E-state index in [4.69, 9.17) is 4.74 Å². The maximum absolute atomic E-state index is 12.4. The van der Waals surface area contributed by atoms with Gasteiger partial charge in [-0.2, -0.15) is 5.10 Å². The van der Waals surface area contributed by atoms with Crippen LogP contribution in [0.25, 0.3) is 5.82 Å². The summed E-state index contributed by atoms with van der Waals surface area (Å²) in [5.41, 5.74) is 0.845. The maximum atomic E-state index is 12.4. The first-order chi connectivity index (χ1) is 13.2. The molecular weight excluding hydrogens is 348 g/mol. The van der Waals surface area contributed by atoms with Gasteiger partial charge in [-0.25, -0.2) is 24.6 Å². The molecule has 0 spiro atoms. The number of hydrogen-bond acceptors (Lipinski definition) is 8. The van der Waals surface area contributed by atoms with E-state index in [0.29, 0.717) is 31.3 Å². The third-order valence-corrected chi connectivity index (χ3v) is 4.36. The Morgan fingerprint density at radius 3 is 2.89 bits per heavy atom. The molecule has 0 aliphatic carbocycles. The van der Waals surface area contributed by atoms with E-state index in [1.165, 1.54) is 12.7 Å². The van der Waals surface area contributed by atoms with Crippen molar-refractivity contribution in [2.45, 2.75) is 6.54 Å². The van der Waals surface area contributed by atoms with Gasteiger partial charge in [-0.3, -0.25) is 4.79 Å². The van der Waals surface area contributed by atoms with Crippen LogP contribution in [-0.2, 0) is 11.3 Å². The quantitative estimate of drug-likeness (QED) is 0.659. The second kappa shape index (κ2) is 7.36. The number of anilines is 1. The van der Waals surface area contributed by atoms with Crippen molar-refractivity contribution in [2.75, 3.05) is 25.1 Å². The fourth-order valence-electron chi connectivity index (χ4n) is 2.86. The molecule has 0 radical (unpaired) electrons. The van der Waals surface area contributed by atoms with Crippen molar-refractivity contribution in [3.8, 4) is 11.7 Å². The molecule has 3 aromatic rings. The molecule has 4 heterocycles. The smallest absolute Gasteiger partial charge is 0.226 e. The van der Waals surface area contributed by atoms with Gasteiger partial charge in [0.1, 0.15) is 24.8 Å². The second-order valence-electron chi connectivity index (χ2n) is 6.07. The Bertz CT molecular complexity index is 924. The molecule has 1 amide bonds. The Morgan fingerprint density at radius 2 is 2.11 bits per heavy atom. The van der Waals surface area contributed by atoms with E-state index in [2.05, 4.69) is 30.4 Å².